The third-order valence-electron chi connectivity index (χ3n) is 4.28. The Bertz CT molecular complexity index is 856. The first-order valence-electron chi connectivity index (χ1n) is 7.79. The lowest BCUT2D eigenvalue weighted by Gasteiger charge is -2.22. The number of anilines is 1. The van der Waals surface area contributed by atoms with Crippen LogP contribution < -0.4 is 10.0 Å². The highest BCUT2D eigenvalue weighted by molar-refractivity contribution is 7.90. The first-order valence-corrected chi connectivity index (χ1v) is 9.33. The Balaban J connectivity index is 1.74. The molecule has 1 aliphatic heterocycles. The zero-order valence-corrected chi connectivity index (χ0v) is 14.4. The van der Waals surface area contributed by atoms with Crippen LogP contribution in [0.15, 0.2) is 30.6 Å². The van der Waals surface area contributed by atoms with Crippen LogP contribution in [-0.2, 0) is 14.8 Å². The van der Waals surface area contributed by atoms with E-state index in [2.05, 4.69) is 15.0 Å². The quantitative estimate of drug-likeness (QED) is 0.879. The second-order valence-corrected chi connectivity index (χ2v) is 7.84. The molecule has 24 heavy (non-hydrogen) atoms. The van der Waals surface area contributed by atoms with Crippen molar-refractivity contribution in [3.8, 4) is 5.69 Å². The summed E-state index contributed by atoms with van der Waals surface area (Å²) in [7, 11) is -3.57. The van der Waals surface area contributed by atoms with Crippen molar-refractivity contribution in [1.82, 2.24) is 14.3 Å². The van der Waals surface area contributed by atoms with Crippen molar-refractivity contribution in [2.75, 3.05) is 11.9 Å². The number of hydrogen-bond donors (Lipinski definition) is 2. The molecule has 3 rings (SSSR count). The Morgan fingerprint density at radius 2 is 2.00 bits per heavy atom. The van der Waals surface area contributed by atoms with Crippen LogP contribution in [0.4, 0.5) is 5.69 Å². The van der Waals surface area contributed by atoms with Gasteiger partial charge in [-0.05, 0) is 51.0 Å². The molecular weight excluding hydrogens is 328 g/mol. The highest BCUT2D eigenvalue weighted by Gasteiger charge is 2.34. The maximum absolute atomic E-state index is 12.3. The van der Waals surface area contributed by atoms with Crippen molar-refractivity contribution in [2.24, 2.45) is 0 Å². The van der Waals surface area contributed by atoms with Crippen LogP contribution in [0.5, 0.6) is 0 Å². The molecule has 1 aliphatic rings. The van der Waals surface area contributed by atoms with Crippen molar-refractivity contribution < 1.29 is 13.2 Å². The van der Waals surface area contributed by atoms with Crippen molar-refractivity contribution >= 4 is 21.6 Å². The number of imidazole rings is 1. The molecule has 1 fully saturated rings. The normalized spacial score (nSPS) is 19.8. The fraction of sp³-hybridized carbons (Fsp3) is 0.375. The van der Waals surface area contributed by atoms with Crippen molar-refractivity contribution in [1.29, 1.82) is 0 Å². The van der Waals surface area contributed by atoms with Crippen molar-refractivity contribution in [3.63, 3.8) is 0 Å². The molecule has 1 amide bonds. The predicted molar refractivity (Wildman–Crippen MR) is 91.6 cm³/mol. The minimum absolute atomic E-state index is 0.340. The first-order chi connectivity index (χ1) is 11.4. The molecule has 128 valence electrons. The molecule has 2 aromatic rings. The van der Waals surface area contributed by atoms with Gasteiger partial charge in [0, 0.05) is 23.6 Å². The minimum Gasteiger partial charge on any atom is -0.325 e. The van der Waals surface area contributed by atoms with E-state index in [0.717, 1.165) is 17.1 Å². The number of carbonyl (C=O) groups excluding carboxylic acids is 1. The summed E-state index contributed by atoms with van der Waals surface area (Å²) in [6.45, 7) is 4.32. The lowest BCUT2D eigenvalue weighted by Crippen LogP contribution is -2.46. The Labute approximate surface area is 141 Å². The van der Waals surface area contributed by atoms with E-state index in [0.29, 0.717) is 25.1 Å². The molecule has 1 aromatic carbocycles. The van der Waals surface area contributed by atoms with Gasteiger partial charge in [-0.3, -0.25) is 4.79 Å². The van der Waals surface area contributed by atoms with Gasteiger partial charge in [0.05, 0.1) is 12.0 Å². The molecular formula is C16H20N4O3S. The van der Waals surface area contributed by atoms with Gasteiger partial charge in [-0.1, -0.05) is 0 Å². The molecule has 7 nitrogen and oxygen atoms in total. The molecule has 1 unspecified atom stereocenters. The van der Waals surface area contributed by atoms with Crippen LogP contribution in [0.25, 0.3) is 5.69 Å². The summed E-state index contributed by atoms with van der Waals surface area (Å²) in [6, 6.07) is 7.23. The fourth-order valence-electron chi connectivity index (χ4n) is 2.72. The number of nitrogens with zero attached hydrogens (tertiary/aromatic N) is 2. The van der Waals surface area contributed by atoms with E-state index in [1.807, 2.05) is 30.5 Å². The van der Waals surface area contributed by atoms with E-state index in [-0.39, 0.29) is 0 Å². The number of benzene rings is 1. The molecule has 0 spiro atoms. The fourth-order valence-corrected chi connectivity index (χ4v) is 4.16. The number of aromatic nitrogens is 2. The third kappa shape index (κ3) is 3.20. The topological polar surface area (TPSA) is 93.1 Å². The summed E-state index contributed by atoms with van der Waals surface area (Å²) in [4.78, 5) is 16.5. The molecule has 1 aromatic heterocycles. The predicted octanol–water partition coefficient (Wildman–Crippen LogP) is 1.51. The van der Waals surface area contributed by atoms with Crippen LogP contribution in [-0.4, -0.2) is 35.7 Å². The van der Waals surface area contributed by atoms with Gasteiger partial charge in [-0.15, -0.1) is 0 Å². The Hall–Kier alpha value is -2.19. The van der Waals surface area contributed by atoms with Gasteiger partial charge >= 0.3 is 0 Å². The van der Waals surface area contributed by atoms with Crippen LogP contribution in [0, 0.1) is 13.8 Å². The molecule has 0 aliphatic carbocycles. The Morgan fingerprint density at radius 1 is 1.29 bits per heavy atom. The molecule has 0 saturated carbocycles. The van der Waals surface area contributed by atoms with Crippen LogP contribution in [0.1, 0.15) is 24.2 Å². The zero-order chi connectivity index (χ0) is 17.3. The maximum Gasteiger partial charge on any atom is 0.244 e. The molecule has 2 heterocycles. The average molecular weight is 348 g/mol. The SMILES string of the molecule is Cc1ncn(-c2ccc(NC(=O)C3CCCNS3(=O)=O)cc2)c1C. The zero-order valence-electron chi connectivity index (χ0n) is 13.6. The van der Waals surface area contributed by atoms with Gasteiger partial charge in [-0.25, -0.2) is 18.1 Å². The molecule has 0 bridgehead atoms. The van der Waals surface area contributed by atoms with Crippen LogP contribution in [0.3, 0.4) is 0 Å². The lowest BCUT2D eigenvalue weighted by molar-refractivity contribution is -0.116. The first kappa shape index (κ1) is 16.7. The molecule has 1 saturated heterocycles. The molecule has 8 heteroatoms. The van der Waals surface area contributed by atoms with Gasteiger partial charge in [-0.2, -0.15) is 0 Å². The van der Waals surface area contributed by atoms with E-state index >= 15 is 0 Å². The summed E-state index contributed by atoms with van der Waals surface area (Å²) < 4.78 is 28.2. The van der Waals surface area contributed by atoms with E-state index < -0.39 is 21.2 Å². The summed E-state index contributed by atoms with van der Waals surface area (Å²) >= 11 is 0. The smallest absolute Gasteiger partial charge is 0.244 e. The number of sulfonamides is 1. The van der Waals surface area contributed by atoms with E-state index in [9.17, 15) is 13.2 Å². The van der Waals surface area contributed by atoms with Crippen LogP contribution >= 0.6 is 0 Å². The number of carbonyl (C=O) groups is 1. The second-order valence-electron chi connectivity index (χ2n) is 5.89. The number of hydrogen-bond acceptors (Lipinski definition) is 4. The number of aryl methyl sites for hydroxylation is 1. The van der Waals surface area contributed by atoms with Gasteiger partial charge in [0.25, 0.3) is 0 Å². The highest BCUT2D eigenvalue weighted by Crippen LogP contribution is 2.19. The van der Waals surface area contributed by atoms with Gasteiger partial charge in [0.2, 0.25) is 15.9 Å². The second kappa shape index (κ2) is 6.37. The standard InChI is InChI=1S/C16H20N4O3S/c1-11-12(2)20(10-17-11)14-7-5-13(6-8-14)19-16(21)15-4-3-9-18-24(15,22)23/h5-8,10,15,18H,3-4,9H2,1-2H3,(H,19,21). The number of rotatable bonds is 3. The third-order valence-corrected chi connectivity index (χ3v) is 6.08. The average Bonchev–Trinajstić information content (AvgIpc) is 2.87. The van der Waals surface area contributed by atoms with Crippen molar-refractivity contribution in [2.45, 2.75) is 31.9 Å². The molecule has 0 radical (unpaired) electrons. The van der Waals surface area contributed by atoms with Gasteiger partial charge in [0.1, 0.15) is 0 Å². The largest absolute Gasteiger partial charge is 0.325 e. The van der Waals surface area contributed by atoms with E-state index in [4.69, 9.17) is 0 Å². The number of nitrogens with one attached hydrogen (secondary N) is 2. The highest BCUT2D eigenvalue weighted by atomic mass is 32.2. The summed E-state index contributed by atoms with van der Waals surface area (Å²) in [5.74, 6) is -0.496. The minimum atomic E-state index is -3.57. The maximum atomic E-state index is 12.3. The summed E-state index contributed by atoms with van der Waals surface area (Å²) in [5, 5.41) is 1.65. The summed E-state index contributed by atoms with van der Waals surface area (Å²) in [5.41, 5.74) is 3.51. The Morgan fingerprint density at radius 3 is 2.58 bits per heavy atom. The lowest BCUT2D eigenvalue weighted by atomic mass is 10.2. The Kier molecular flexibility index (Phi) is 4.42. The molecule has 1 atom stereocenters. The monoisotopic (exact) mass is 348 g/mol. The van der Waals surface area contributed by atoms with Gasteiger partial charge in [0.15, 0.2) is 5.25 Å². The summed E-state index contributed by atoms with van der Waals surface area (Å²) in [6.07, 6.45) is 2.75. The van der Waals surface area contributed by atoms with E-state index in [1.54, 1.807) is 18.5 Å². The van der Waals surface area contributed by atoms with Crippen molar-refractivity contribution in [3.05, 3.63) is 42.0 Å². The molecule has 2 N–H and O–H groups in total. The van der Waals surface area contributed by atoms with Crippen LogP contribution in [0.2, 0.25) is 0 Å². The number of amides is 1. The van der Waals surface area contributed by atoms with Gasteiger partial charge < -0.3 is 9.88 Å². The van der Waals surface area contributed by atoms with E-state index in [1.165, 1.54) is 0 Å².